The van der Waals surface area contributed by atoms with E-state index in [1.807, 2.05) is 0 Å². The second-order valence-corrected chi connectivity index (χ2v) is 3.48. The fourth-order valence-electron chi connectivity index (χ4n) is 1.37. The van der Waals surface area contributed by atoms with Crippen LogP contribution in [0.25, 0.3) is 5.57 Å². The zero-order valence-corrected chi connectivity index (χ0v) is 10.2. The van der Waals surface area contributed by atoms with E-state index in [-0.39, 0.29) is 17.9 Å². The molecule has 7 heteroatoms. The molecule has 2 N–H and O–H groups in total. The van der Waals surface area contributed by atoms with Crippen LogP contribution in [0, 0.1) is 10.1 Å². The van der Waals surface area contributed by atoms with Crippen molar-refractivity contribution in [1.82, 2.24) is 0 Å². The fourth-order valence-corrected chi connectivity index (χ4v) is 1.37. The number of hydrogen-bond donors (Lipinski definition) is 1. The molecule has 0 aliphatic carbocycles. The first-order chi connectivity index (χ1) is 8.95. The standard InChI is InChI=1S/C12H12N2O5/c1-2-19-12(16)10(7-11(13)15)8-3-5-9(6-4-8)14(17)18/h3-7H,2H2,1H3,(H2,13,15)/b10-7-. The number of benzene rings is 1. The summed E-state index contributed by atoms with van der Waals surface area (Å²) in [7, 11) is 0. The Morgan fingerprint density at radius 3 is 2.37 bits per heavy atom. The molecule has 1 aromatic carbocycles. The van der Waals surface area contributed by atoms with Crippen LogP contribution in [0.1, 0.15) is 12.5 Å². The predicted molar refractivity (Wildman–Crippen MR) is 66.9 cm³/mol. The van der Waals surface area contributed by atoms with Crippen molar-refractivity contribution in [2.45, 2.75) is 6.92 Å². The summed E-state index contributed by atoms with van der Waals surface area (Å²) in [6.45, 7) is 1.76. The molecule has 0 heterocycles. The van der Waals surface area contributed by atoms with Gasteiger partial charge in [-0.2, -0.15) is 0 Å². The maximum absolute atomic E-state index is 11.7. The number of esters is 1. The van der Waals surface area contributed by atoms with E-state index in [4.69, 9.17) is 10.5 Å². The second-order valence-electron chi connectivity index (χ2n) is 3.48. The number of non-ortho nitro benzene ring substituents is 1. The van der Waals surface area contributed by atoms with Crippen molar-refractivity contribution in [2.24, 2.45) is 5.73 Å². The van der Waals surface area contributed by atoms with Crippen molar-refractivity contribution in [3.05, 3.63) is 46.0 Å². The van der Waals surface area contributed by atoms with Gasteiger partial charge >= 0.3 is 5.97 Å². The third-order valence-electron chi connectivity index (χ3n) is 2.17. The van der Waals surface area contributed by atoms with Gasteiger partial charge in [-0.3, -0.25) is 14.9 Å². The number of nitrogens with zero attached hydrogens (tertiary/aromatic N) is 1. The lowest BCUT2D eigenvalue weighted by atomic mass is 10.1. The van der Waals surface area contributed by atoms with E-state index >= 15 is 0 Å². The number of nitro benzene ring substituents is 1. The molecule has 0 radical (unpaired) electrons. The number of carbonyl (C=O) groups is 2. The average Bonchev–Trinajstić information content (AvgIpc) is 2.36. The van der Waals surface area contributed by atoms with Crippen molar-refractivity contribution in [3.8, 4) is 0 Å². The van der Waals surface area contributed by atoms with Crippen LogP contribution < -0.4 is 5.73 Å². The highest BCUT2D eigenvalue weighted by Crippen LogP contribution is 2.19. The van der Waals surface area contributed by atoms with Gasteiger partial charge in [0.25, 0.3) is 5.69 Å². The number of carbonyl (C=O) groups excluding carboxylic acids is 2. The van der Waals surface area contributed by atoms with Crippen LogP contribution >= 0.6 is 0 Å². The van der Waals surface area contributed by atoms with E-state index < -0.39 is 16.8 Å². The van der Waals surface area contributed by atoms with Crippen LogP contribution in [0.5, 0.6) is 0 Å². The molecule has 0 unspecified atom stereocenters. The van der Waals surface area contributed by atoms with Gasteiger partial charge in [-0.05, 0) is 24.6 Å². The lowest BCUT2D eigenvalue weighted by Gasteiger charge is -2.06. The first kappa shape index (κ1) is 14.4. The molecule has 1 rings (SSSR count). The summed E-state index contributed by atoms with van der Waals surface area (Å²) in [6, 6.07) is 5.15. The fraction of sp³-hybridized carbons (Fsp3) is 0.167. The molecule has 0 spiro atoms. The number of amides is 1. The Hall–Kier alpha value is -2.70. The van der Waals surface area contributed by atoms with Gasteiger partial charge in [0.15, 0.2) is 0 Å². The van der Waals surface area contributed by atoms with Gasteiger partial charge in [0.2, 0.25) is 5.91 Å². The highest BCUT2D eigenvalue weighted by molar-refractivity contribution is 6.20. The number of hydrogen-bond acceptors (Lipinski definition) is 5. The van der Waals surface area contributed by atoms with Gasteiger partial charge in [-0.1, -0.05) is 0 Å². The van der Waals surface area contributed by atoms with E-state index in [2.05, 4.69) is 0 Å². The van der Waals surface area contributed by atoms with Gasteiger partial charge in [0.1, 0.15) is 0 Å². The minimum Gasteiger partial charge on any atom is -0.462 e. The summed E-state index contributed by atoms with van der Waals surface area (Å²) in [5.41, 5.74) is 5.18. The highest BCUT2D eigenvalue weighted by atomic mass is 16.6. The molecule has 7 nitrogen and oxygen atoms in total. The van der Waals surface area contributed by atoms with Gasteiger partial charge in [0, 0.05) is 18.2 Å². The first-order valence-electron chi connectivity index (χ1n) is 5.38. The molecule has 19 heavy (non-hydrogen) atoms. The van der Waals surface area contributed by atoms with E-state index in [0.29, 0.717) is 5.56 Å². The lowest BCUT2D eigenvalue weighted by molar-refractivity contribution is -0.384. The Morgan fingerprint density at radius 1 is 1.37 bits per heavy atom. The van der Waals surface area contributed by atoms with E-state index in [0.717, 1.165) is 6.08 Å². The summed E-state index contributed by atoms with van der Waals surface area (Å²) >= 11 is 0. The van der Waals surface area contributed by atoms with Crippen LogP contribution in [0.4, 0.5) is 5.69 Å². The van der Waals surface area contributed by atoms with Crippen LogP contribution in [-0.4, -0.2) is 23.4 Å². The summed E-state index contributed by atoms with van der Waals surface area (Å²) in [5.74, 6) is -1.52. The molecule has 0 bridgehead atoms. The van der Waals surface area contributed by atoms with Crippen LogP contribution in [0.3, 0.4) is 0 Å². The molecular formula is C12H12N2O5. The third kappa shape index (κ3) is 3.91. The molecule has 0 aliphatic heterocycles. The van der Waals surface area contributed by atoms with Gasteiger partial charge in [-0.15, -0.1) is 0 Å². The van der Waals surface area contributed by atoms with Gasteiger partial charge in [-0.25, -0.2) is 4.79 Å². The molecule has 0 fully saturated rings. The summed E-state index contributed by atoms with van der Waals surface area (Å²) in [4.78, 5) is 32.5. The predicted octanol–water partition coefficient (Wildman–Crippen LogP) is 1.03. The number of primary amides is 1. The number of ether oxygens (including phenoxy) is 1. The van der Waals surface area contributed by atoms with E-state index in [9.17, 15) is 19.7 Å². The smallest absolute Gasteiger partial charge is 0.338 e. The maximum Gasteiger partial charge on any atom is 0.338 e. The summed E-state index contributed by atoms with van der Waals surface area (Å²) in [5, 5.41) is 10.5. The normalized spacial score (nSPS) is 10.9. The van der Waals surface area contributed by atoms with Crippen molar-refractivity contribution in [2.75, 3.05) is 6.61 Å². The third-order valence-corrected chi connectivity index (χ3v) is 2.17. The Bertz CT molecular complexity index is 534. The maximum atomic E-state index is 11.7. The van der Waals surface area contributed by atoms with E-state index in [1.54, 1.807) is 6.92 Å². The van der Waals surface area contributed by atoms with Crippen molar-refractivity contribution < 1.29 is 19.2 Å². The van der Waals surface area contributed by atoms with Crippen LogP contribution in [0.15, 0.2) is 30.3 Å². The van der Waals surface area contributed by atoms with Crippen LogP contribution in [0.2, 0.25) is 0 Å². The minimum atomic E-state index is -0.804. The van der Waals surface area contributed by atoms with Crippen molar-refractivity contribution in [3.63, 3.8) is 0 Å². The quantitative estimate of drug-likeness (QED) is 0.369. The van der Waals surface area contributed by atoms with Gasteiger partial charge < -0.3 is 10.5 Å². The number of rotatable bonds is 5. The molecule has 1 amide bonds. The topological polar surface area (TPSA) is 113 Å². The summed E-state index contributed by atoms with van der Waals surface area (Å²) in [6.07, 6.45) is 0.930. The molecule has 0 aliphatic rings. The Morgan fingerprint density at radius 2 is 1.95 bits per heavy atom. The second kappa shape index (κ2) is 6.29. The monoisotopic (exact) mass is 264 g/mol. The van der Waals surface area contributed by atoms with Gasteiger partial charge in [0.05, 0.1) is 17.1 Å². The van der Waals surface area contributed by atoms with E-state index in [1.165, 1.54) is 24.3 Å². The molecule has 0 saturated heterocycles. The molecule has 0 atom stereocenters. The number of nitro groups is 1. The molecular weight excluding hydrogens is 252 g/mol. The largest absolute Gasteiger partial charge is 0.462 e. The Kier molecular flexibility index (Phi) is 4.76. The zero-order valence-electron chi connectivity index (χ0n) is 10.2. The van der Waals surface area contributed by atoms with Crippen molar-refractivity contribution >= 4 is 23.1 Å². The zero-order chi connectivity index (χ0) is 14.4. The molecule has 1 aromatic rings. The minimum absolute atomic E-state index is 0.0377. The molecule has 100 valence electrons. The summed E-state index contributed by atoms with van der Waals surface area (Å²) < 4.78 is 4.79. The van der Waals surface area contributed by atoms with Crippen LogP contribution in [-0.2, 0) is 14.3 Å². The highest BCUT2D eigenvalue weighted by Gasteiger charge is 2.15. The Balaban J connectivity index is 3.15. The van der Waals surface area contributed by atoms with Crippen molar-refractivity contribution in [1.29, 1.82) is 0 Å². The lowest BCUT2D eigenvalue weighted by Crippen LogP contribution is -2.13. The average molecular weight is 264 g/mol. The molecule has 0 saturated carbocycles. The first-order valence-corrected chi connectivity index (χ1v) is 5.38. The Labute approximate surface area is 108 Å². The molecule has 0 aromatic heterocycles. The SMILES string of the molecule is CCOC(=O)/C(=C\C(N)=O)c1ccc([N+](=O)[O-])cc1. The number of nitrogens with two attached hydrogens (primary N) is 1.